The van der Waals surface area contributed by atoms with Crippen molar-refractivity contribution >= 4 is 17.4 Å². The van der Waals surface area contributed by atoms with Gasteiger partial charge in [0.1, 0.15) is 5.38 Å². The van der Waals surface area contributed by atoms with Crippen LogP contribution in [0.2, 0.25) is 0 Å². The summed E-state index contributed by atoms with van der Waals surface area (Å²) in [6.07, 6.45) is 0. The molecule has 2 heteroatoms. The predicted octanol–water partition coefficient (Wildman–Crippen LogP) is 2.86. The molecule has 0 aliphatic heterocycles. The van der Waals surface area contributed by atoms with E-state index in [2.05, 4.69) is 0 Å². The van der Waals surface area contributed by atoms with Gasteiger partial charge in [-0.1, -0.05) is 24.3 Å². The van der Waals surface area contributed by atoms with Crippen LogP contribution < -0.4 is 0 Å². The van der Waals surface area contributed by atoms with Gasteiger partial charge in [0.25, 0.3) is 0 Å². The first kappa shape index (κ1) is 9.27. The van der Waals surface area contributed by atoms with Crippen LogP contribution in [0.1, 0.15) is 23.4 Å². The molecule has 0 fully saturated rings. The van der Waals surface area contributed by atoms with Crippen molar-refractivity contribution in [3.05, 3.63) is 35.4 Å². The van der Waals surface area contributed by atoms with Crippen molar-refractivity contribution in [3.63, 3.8) is 0 Å². The standard InChI is InChI=1S/C10H11ClO/c1-7-5-3-4-6-9(7)10(11)8(2)12/h3-6,10H,1-2H3. The summed E-state index contributed by atoms with van der Waals surface area (Å²) in [6, 6.07) is 7.66. The predicted molar refractivity (Wildman–Crippen MR) is 50.5 cm³/mol. The van der Waals surface area contributed by atoms with Gasteiger partial charge in [0.2, 0.25) is 0 Å². The van der Waals surface area contributed by atoms with Crippen LogP contribution in [-0.2, 0) is 4.79 Å². The molecule has 0 N–H and O–H groups in total. The number of rotatable bonds is 2. The number of alkyl halides is 1. The summed E-state index contributed by atoms with van der Waals surface area (Å²) >= 11 is 5.90. The third-order valence-electron chi connectivity index (χ3n) is 1.82. The SMILES string of the molecule is CC(=O)C(Cl)c1ccccc1C. The largest absolute Gasteiger partial charge is 0.298 e. The van der Waals surface area contributed by atoms with E-state index in [1.165, 1.54) is 6.92 Å². The van der Waals surface area contributed by atoms with E-state index < -0.39 is 5.38 Å². The molecular weight excluding hydrogens is 172 g/mol. The zero-order valence-corrected chi connectivity index (χ0v) is 7.93. The van der Waals surface area contributed by atoms with E-state index in [1.54, 1.807) is 0 Å². The second-order valence-electron chi connectivity index (χ2n) is 2.83. The Morgan fingerprint density at radius 3 is 2.50 bits per heavy atom. The molecule has 1 aromatic rings. The molecule has 0 bridgehead atoms. The Labute approximate surface area is 77.4 Å². The lowest BCUT2D eigenvalue weighted by Crippen LogP contribution is -2.02. The number of Topliss-reactive ketones (excluding diaryl/α,β-unsaturated/α-hetero) is 1. The number of aryl methyl sites for hydroxylation is 1. The summed E-state index contributed by atoms with van der Waals surface area (Å²) in [4.78, 5) is 11.0. The molecule has 64 valence electrons. The van der Waals surface area contributed by atoms with Crippen LogP contribution in [0.25, 0.3) is 0 Å². The minimum atomic E-state index is -0.494. The van der Waals surface area contributed by atoms with E-state index in [0.717, 1.165) is 11.1 Å². The molecule has 1 rings (SSSR count). The summed E-state index contributed by atoms with van der Waals surface area (Å²) in [5, 5.41) is -0.494. The highest BCUT2D eigenvalue weighted by atomic mass is 35.5. The Bertz CT molecular complexity index is 294. The fourth-order valence-corrected chi connectivity index (χ4v) is 1.33. The maximum Gasteiger partial charge on any atom is 0.152 e. The Morgan fingerprint density at radius 1 is 1.42 bits per heavy atom. The average molecular weight is 183 g/mol. The van der Waals surface area contributed by atoms with Gasteiger partial charge in [-0.15, -0.1) is 11.6 Å². The Kier molecular flexibility index (Phi) is 2.88. The quantitative estimate of drug-likeness (QED) is 0.643. The van der Waals surface area contributed by atoms with E-state index in [0.29, 0.717) is 0 Å². The molecule has 1 nitrogen and oxygen atoms in total. The molecule has 0 saturated heterocycles. The second kappa shape index (κ2) is 3.72. The van der Waals surface area contributed by atoms with Crippen LogP contribution in [0.4, 0.5) is 0 Å². The molecular formula is C10H11ClO. The van der Waals surface area contributed by atoms with E-state index in [-0.39, 0.29) is 5.78 Å². The highest BCUT2D eigenvalue weighted by Gasteiger charge is 2.13. The van der Waals surface area contributed by atoms with Crippen LogP contribution in [-0.4, -0.2) is 5.78 Å². The van der Waals surface area contributed by atoms with Gasteiger partial charge < -0.3 is 0 Å². The first-order valence-electron chi connectivity index (χ1n) is 3.83. The molecule has 0 aliphatic rings. The maximum atomic E-state index is 11.0. The molecule has 1 aromatic carbocycles. The van der Waals surface area contributed by atoms with E-state index in [1.807, 2.05) is 31.2 Å². The number of benzene rings is 1. The average Bonchev–Trinajstić information content (AvgIpc) is 2.04. The van der Waals surface area contributed by atoms with Gasteiger partial charge in [0.15, 0.2) is 5.78 Å². The van der Waals surface area contributed by atoms with E-state index >= 15 is 0 Å². The van der Waals surface area contributed by atoms with Gasteiger partial charge in [-0.25, -0.2) is 0 Å². The van der Waals surface area contributed by atoms with Crippen LogP contribution in [0.3, 0.4) is 0 Å². The summed E-state index contributed by atoms with van der Waals surface area (Å²) in [5.74, 6) is -0.00836. The van der Waals surface area contributed by atoms with E-state index in [4.69, 9.17) is 11.6 Å². The molecule has 12 heavy (non-hydrogen) atoms. The normalized spacial score (nSPS) is 12.6. The number of carbonyl (C=O) groups excluding carboxylic acids is 1. The minimum Gasteiger partial charge on any atom is -0.298 e. The first-order valence-corrected chi connectivity index (χ1v) is 4.26. The van der Waals surface area contributed by atoms with Gasteiger partial charge in [0.05, 0.1) is 0 Å². The molecule has 0 spiro atoms. The first-order chi connectivity index (χ1) is 5.63. The molecule has 0 aliphatic carbocycles. The van der Waals surface area contributed by atoms with Crippen LogP contribution in [0.5, 0.6) is 0 Å². The van der Waals surface area contributed by atoms with Crippen LogP contribution in [0.15, 0.2) is 24.3 Å². The lowest BCUT2D eigenvalue weighted by Gasteiger charge is -2.08. The lowest BCUT2D eigenvalue weighted by atomic mass is 10.0. The molecule has 0 amide bonds. The minimum absolute atomic E-state index is 0.00836. The molecule has 0 aromatic heterocycles. The van der Waals surface area contributed by atoms with Gasteiger partial charge in [0, 0.05) is 0 Å². The number of hydrogen-bond acceptors (Lipinski definition) is 1. The second-order valence-corrected chi connectivity index (χ2v) is 3.27. The van der Waals surface area contributed by atoms with Crippen molar-refractivity contribution in [1.82, 2.24) is 0 Å². The number of ketones is 1. The highest BCUT2D eigenvalue weighted by Crippen LogP contribution is 2.23. The number of carbonyl (C=O) groups is 1. The maximum absolute atomic E-state index is 11.0. The van der Waals surface area contributed by atoms with Gasteiger partial charge in [-0.3, -0.25) is 4.79 Å². The summed E-state index contributed by atoms with van der Waals surface area (Å²) < 4.78 is 0. The van der Waals surface area contributed by atoms with Gasteiger partial charge in [-0.2, -0.15) is 0 Å². The van der Waals surface area contributed by atoms with Crippen molar-refractivity contribution < 1.29 is 4.79 Å². The zero-order chi connectivity index (χ0) is 9.14. The topological polar surface area (TPSA) is 17.1 Å². The lowest BCUT2D eigenvalue weighted by molar-refractivity contribution is -0.116. The van der Waals surface area contributed by atoms with Gasteiger partial charge >= 0.3 is 0 Å². The third kappa shape index (κ3) is 1.86. The highest BCUT2D eigenvalue weighted by molar-refractivity contribution is 6.30. The third-order valence-corrected chi connectivity index (χ3v) is 2.36. The smallest absolute Gasteiger partial charge is 0.152 e. The number of hydrogen-bond donors (Lipinski definition) is 0. The molecule has 0 saturated carbocycles. The Balaban J connectivity index is 3.02. The fourth-order valence-electron chi connectivity index (χ4n) is 1.09. The fraction of sp³-hybridized carbons (Fsp3) is 0.300. The molecule has 1 atom stereocenters. The molecule has 0 radical (unpaired) electrons. The van der Waals surface area contributed by atoms with Crippen molar-refractivity contribution in [1.29, 1.82) is 0 Å². The van der Waals surface area contributed by atoms with Crippen molar-refractivity contribution in [2.24, 2.45) is 0 Å². The summed E-state index contributed by atoms with van der Waals surface area (Å²) in [7, 11) is 0. The van der Waals surface area contributed by atoms with Crippen molar-refractivity contribution in [2.45, 2.75) is 19.2 Å². The Morgan fingerprint density at radius 2 is 2.00 bits per heavy atom. The van der Waals surface area contributed by atoms with E-state index in [9.17, 15) is 4.79 Å². The zero-order valence-electron chi connectivity index (χ0n) is 7.17. The van der Waals surface area contributed by atoms with Crippen molar-refractivity contribution in [2.75, 3.05) is 0 Å². The van der Waals surface area contributed by atoms with Crippen LogP contribution >= 0.6 is 11.6 Å². The number of halogens is 1. The van der Waals surface area contributed by atoms with Gasteiger partial charge in [-0.05, 0) is 25.0 Å². The van der Waals surface area contributed by atoms with Crippen LogP contribution in [0, 0.1) is 6.92 Å². The summed E-state index contributed by atoms with van der Waals surface area (Å²) in [6.45, 7) is 3.46. The summed E-state index contributed by atoms with van der Waals surface area (Å²) in [5.41, 5.74) is 1.97. The molecule has 0 heterocycles. The molecule has 1 unspecified atom stereocenters. The Hall–Kier alpha value is -0.820. The van der Waals surface area contributed by atoms with Crippen molar-refractivity contribution in [3.8, 4) is 0 Å². The monoisotopic (exact) mass is 182 g/mol.